The first-order chi connectivity index (χ1) is 8.08. The highest BCUT2D eigenvalue weighted by Gasteiger charge is 2.19. The summed E-state index contributed by atoms with van der Waals surface area (Å²) in [6, 6.07) is 4.73. The van der Waals surface area contributed by atoms with E-state index in [0.29, 0.717) is 0 Å². The van der Waals surface area contributed by atoms with Gasteiger partial charge in [-0.25, -0.2) is 0 Å². The normalized spacial score (nSPS) is 21.8. The Hall–Kier alpha value is -0.860. The van der Waals surface area contributed by atoms with E-state index in [9.17, 15) is 0 Å². The van der Waals surface area contributed by atoms with Crippen molar-refractivity contribution < 1.29 is 0 Å². The van der Waals surface area contributed by atoms with Gasteiger partial charge in [0, 0.05) is 6.04 Å². The molecule has 1 aromatic carbocycles. The summed E-state index contributed by atoms with van der Waals surface area (Å²) in [6.45, 7) is 8.80. The van der Waals surface area contributed by atoms with E-state index in [-0.39, 0.29) is 6.04 Å². The third-order valence-corrected chi connectivity index (χ3v) is 4.03. The lowest BCUT2D eigenvalue weighted by Crippen LogP contribution is -2.18. The molecule has 0 amide bonds. The van der Waals surface area contributed by atoms with Crippen molar-refractivity contribution in [3.8, 4) is 0 Å². The van der Waals surface area contributed by atoms with Gasteiger partial charge in [-0.1, -0.05) is 12.1 Å². The Morgan fingerprint density at radius 3 is 2.59 bits per heavy atom. The van der Waals surface area contributed by atoms with E-state index in [0.717, 1.165) is 25.4 Å². The summed E-state index contributed by atoms with van der Waals surface area (Å²) in [6.07, 6.45) is 2.38. The SMILES string of the molecule is Cc1cc(C)c(C(N)CC2CCNC2)cc1C. The van der Waals surface area contributed by atoms with Gasteiger partial charge in [-0.3, -0.25) is 0 Å². The molecule has 1 fully saturated rings. The van der Waals surface area contributed by atoms with E-state index >= 15 is 0 Å². The van der Waals surface area contributed by atoms with Crippen molar-refractivity contribution >= 4 is 0 Å². The second kappa shape index (κ2) is 5.19. The predicted molar refractivity (Wildman–Crippen MR) is 73.2 cm³/mol. The second-order valence-electron chi connectivity index (χ2n) is 5.49. The van der Waals surface area contributed by atoms with Crippen molar-refractivity contribution in [2.75, 3.05) is 13.1 Å². The number of rotatable bonds is 3. The Kier molecular flexibility index (Phi) is 3.85. The third kappa shape index (κ3) is 2.88. The summed E-state index contributed by atoms with van der Waals surface area (Å²) >= 11 is 0. The first kappa shape index (κ1) is 12.6. The van der Waals surface area contributed by atoms with Gasteiger partial charge in [-0.15, -0.1) is 0 Å². The molecule has 2 nitrogen and oxygen atoms in total. The van der Waals surface area contributed by atoms with E-state index < -0.39 is 0 Å². The van der Waals surface area contributed by atoms with Crippen LogP contribution in [0.1, 0.15) is 41.1 Å². The smallest absolute Gasteiger partial charge is 0.0300 e. The third-order valence-electron chi connectivity index (χ3n) is 4.03. The van der Waals surface area contributed by atoms with Gasteiger partial charge < -0.3 is 11.1 Å². The molecule has 1 aliphatic rings. The van der Waals surface area contributed by atoms with E-state index in [1.807, 2.05) is 0 Å². The van der Waals surface area contributed by atoms with Crippen LogP contribution in [0.5, 0.6) is 0 Å². The Labute approximate surface area is 105 Å². The van der Waals surface area contributed by atoms with Crippen molar-refractivity contribution in [1.29, 1.82) is 0 Å². The number of benzene rings is 1. The van der Waals surface area contributed by atoms with Crippen LogP contribution in [0, 0.1) is 26.7 Å². The van der Waals surface area contributed by atoms with Gasteiger partial charge in [0.25, 0.3) is 0 Å². The van der Waals surface area contributed by atoms with Crippen LogP contribution in [-0.2, 0) is 0 Å². The maximum Gasteiger partial charge on any atom is 0.0300 e. The second-order valence-corrected chi connectivity index (χ2v) is 5.49. The van der Waals surface area contributed by atoms with E-state index in [1.165, 1.54) is 28.7 Å². The Morgan fingerprint density at radius 2 is 1.94 bits per heavy atom. The van der Waals surface area contributed by atoms with Crippen molar-refractivity contribution in [2.24, 2.45) is 11.7 Å². The number of nitrogens with one attached hydrogen (secondary N) is 1. The quantitative estimate of drug-likeness (QED) is 0.840. The molecule has 0 bridgehead atoms. The number of aryl methyl sites for hydroxylation is 3. The molecule has 17 heavy (non-hydrogen) atoms. The highest BCUT2D eigenvalue weighted by Crippen LogP contribution is 2.26. The summed E-state index contributed by atoms with van der Waals surface area (Å²) in [7, 11) is 0. The molecule has 0 aliphatic carbocycles. The van der Waals surface area contributed by atoms with Crippen molar-refractivity contribution in [1.82, 2.24) is 5.32 Å². The Bertz CT molecular complexity index is 392. The van der Waals surface area contributed by atoms with E-state index in [2.05, 4.69) is 38.2 Å². The average Bonchev–Trinajstić information content (AvgIpc) is 2.76. The molecule has 1 saturated heterocycles. The zero-order valence-corrected chi connectivity index (χ0v) is 11.2. The lowest BCUT2D eigenvalue weighted by Gasteiger charge is -2.19. The predicted octanol–water partition coefficient (Wildman–Crippen LogP) is 2.61. The zero-order chi connectivity index (χ0) is 12.4. The summed E-state index contributed by atoms with van der Waals surface area (Å²) in [5.41, 5.74) is 11.8. The molecule has 0 saturated carbocycles. The fourth-order valence-electron chi connectivity index (χ4n) is 2.78. The van der Waals surface area contributed by atoms with Crippen molar-refractivity contribution in [2.45, 2.75) is 39.7 Å². The summed E-state index contributed by atoms with van der Waals surface area (Å²) in [5, 5.41) is 3.41. The molecule has 1 heterocycles. The fourth-order valence-corrected chi connectivity index (χ4v) is 2.78. The lowest BCUT2D eigenvalue weighted by molar-refractivity contribution is 0.472. The highest BCUT2D eigenvalue weighted by molar-refractivity contribution is 5.38. The monoisotopic (exact) mass is 232 g/mol. The first-order valence-corrected chi connectivity index (χ1v) is 6.62. The summed E-state index contributed by atoms with van der Waals surface area (Å²) in [4.78, 5) is 0. The van der Waals surface area contributed by atoms with Crippen LogP contribution < -0.4 is 11.1 Å². The van der Waals surface area contributed by atoms with Crippen molar-refractivity contribution in [3.05, 3.63) is 34.4 Å². The van der Waals surface area contributed by atoms with Gasteiger partial charge in [0.15, 0.2) is 0 Å². The molecule has 94 valence electrons. The maximum atomic E-state index is 6.37. The molecule has 0 radical (unpaired) electrons. The minimum atomic E-state index is 0.194. The van der Waals surface area contributed by atoms with Gasteiger partial charge in [0.2, 0.25) is 0 Å². The molecule has 2 rings (SSSR count). The van der Waals surface area contributed by atoms with Gasteiger partial charge in [-0.05, 0) is 74.9 Å². The van der Waals surface area contributed by atoms with Crippen LogP contribution in [0.15, 0.2) is 12.1 Å². The fraction of sp³-hybridized carbons (Fsp3) is 0.600. The molecule has 3 N–H and O–H groups in total. The molecular formula is C15H24N2. The average molecular weight is 232 g/mol. The van der Waals surface area contributed by atoms with Crippen LogP contribution in [0.25, 0.3) is 0 Å². The summed E-state index contributed by atoms with van der Waals surface area (Å²) < 4.78 is 0. The molecule has 2 unspecified atom stereocenters. The largest absolute Gasteiger partial charge is 0.324 e. The minimum absolute atomic E-state index is 0.194. The standard InChI is InChI=1S/C15H24N2/c1-10-6-12(3)14(7-11(10)2)15(16)8-13-4-5-17-9-13/h6-7,13,15,17H,4-5,8-9,16H2,1-3H3. The number of nitrogens with two attached hydrogens (primary N) is 1. The van der Waals surface area contributed by atoms with Crippen LogP contribution >= 0.6 is 0 Å². The lowest BCUT2D eigenvalue weighted by atomic mass is 9.90. The van der Waals surface area contributed by atoms with Gasteiger partial charge in [0.1, 0.15) is 0 Å². The van der Waals surface area contributed by atoms with Gasteiger partial charge >= 0.3 is 0 Å². The van der Waals surface area contributed by atoms with Crippen LogP contribution in [0.2, 0.25) is 0 Å². The van der Waals surface area contributed by atoms with Gasteiger partial charge in [0.05, 0.1) is 0 Å². The van der Waals surface area contributed by atoms with E-state index in [1.54, 1.807) is 0 Å². The topological polar surface area (TPSA) is 38.0 Å². The Morgan fingerprint density at radius 1 is 1.24 bits per heavy atom. The minimum Gasteiger partial charge on any atom is -0.324 e. The number of hydrogen-bond donors (Lipinski definition) is 2. The molecule has 0 spiro atoms. The first-order valence-electron chi connectivity index (χ1n) is 6.62. The molecule has 0 aromatic heterocycles. The van der Waals surface area contributed by atoms with Crippen LogP contribution in [0.4, 0.5) is 0 Å². The Balaban J connectivity index is 2.12. The van der Waals surface area contributed by atoms with Crippen LogP contribution in [-0.4, -0.2) is 13.1 Å². The van der Waals surface area contributed by atoms with Gasteiger partial charge in [-0.2, -0.15) is 0 Å². The highest BCUT2D eigenvalue weighted by atomic mass is 14.9. The van der Waals surface area contributed by atoms with Crippen LogP contribution in [0.3, 0.4) is 0 Å². The van der Waals surface area contributed by atoms with Crippen molar-refractivity contribution in [3.63, 3.8) is 0 Å². The number of hydrogen-bond acceptors (Lipinski definition) is 2. The summed E-state index contributed by atoms with van der Waals surface area (Å²) in [5.74, 6) is 0.756. The molecule has 1 aromatic rings. The molecule has 1 aliphatic heterocycles. The molecular weight excluding hydrogens is 208 g/mol. The molecule has 2 atom stereocenters. The maximum absolute atomic E-state index is 6.37. The zero-order valence-electron chi connectivity index (χ0n) is 11.2. The van der Waals surface area contributed by atoms with E-state index in [4.69, 9.17) is 5.73 Å². The molecule has 2 heteroatoms.